The SMILES string of the molecule is NC(=O)CCCCNc1cc(N)nc(N)n1. The van der Waals surface area contributed by atoms with Gasteiger partial charge in [-0.2, -0.15) is 9.97 Å². The number of nitrogens with zero attached hydrogens (tertiary/aromatic N) is 2. The van der Waals surface area contributed by atoms with Crippen molar-refractivity contribution in [1.82, 2.24) is 9.97 Å². The Labute approximate surface area is 93.4 Å². The van der Waals surface area contributed by atoms with E-state index in [1.165, 1.54) is 0 Å². The Kier molecular flexibility index (Phi) is 4.31. The summed E-state index contributed by atoms with van der Waals surface area (Å²) in [4.78, 5) is 18.2. The van der Waals surface area contributed by atoms with Gasteiger partial charge in [0, 0.05) is 19.0 Å². The molecule has 7 heteroatoms. The maximum absolute atomic E-state index is 10.5. The Hall–Kier alpha value is -2.05. The molecule has 1 heterocycles. The average Bonchev–Trinajstić information content (AvgIpc) is 2.15. The second kappa shape index (κ2) is 5.74. The molecule has 0 unspecified atom stereocenters. The van der Waals surface area contributed by atoms with Crippen molar-refractivity contribution >= 4 is 23.5 Å². The van der Waals surface area contributed by atoms with Gasteiger partial charge in [-0.3, -0.25) is 4.79 Å². The van der Waals surface area contributed by atoms with Crippen molar-refractivity contribution in [1.29, 1.82) is 0 Å². The fraction of sp³-hybridized carbons (Fsp3) is 0.444. The summed E-state index contributed by atoms with van der Waals surface area (Å²) >= 11 is 0. The molecular weight excluding hydrogens is 208 g/mol. The number of nitrogen functional groups attached to an aromatic ring is 2. The van der Waals surface area contributed by atoms with Crippen LogP contribution >= 0.6 is 0 Å². The van der Waals surface area contributed by atoms with E-state index in [4.69, 9.17) is 17.2 Å². The molecule has 0 radical (unpaired) electrons. The van der Waals surface area contributed by atoms with Gasteiger partial charge >= 0.3 is 0 Å². The van der Waals surface area contributed by atoms with Crippen molar-refractivity contribution in [3.63, 3.8) is 0 Å². The van der Waals surface area contributed by atoms with E-state index in [0.29, 0.717) is 24.6 Å². The van der Waals surface area contributed by atoms with Gasteiger partial charge in [0.05, 0.1) is 0 Å². The average molecular weight is 224 g/mol. The molecule has 1 aromatic heterocycles. The van der Waals surface area contributed by atoms with Gasteiger partial charge in [0.15, 0.2) is 0 Å². The molecule has 0 aromatic carbocycles. The number of hydrogen-bond acceptors (Lipinski definition) is 6. The minimum atomic E-state index is -0.282. The van der Waals surface area contributed by atoms with E-state index < -0.39 is 0 Å². The molecule has 7 N–H and O–H groups in total. The number of aromatic nitrogens is 2. The number of rotatable bonds is 6. The summed E-state index contributed by atoms with van der Waals surface area (Å²) in [6.45, 7) is 0.684. The van der Waals surface area contributed by atoms with Crippen LogP contribution in [0.1, 0.15) is 19.3 Å². The molecule has 1 amide bonds. The minimum absolute atomic E-state index is 0.139. The third-order valence-corrected chi connectivity index (χ3v) is 1.92. The van der Waals surface area contributed by atoms with Gasteiger partial charge in [-0.05, 0) is 12.8 Å². The fourth-order valence-electron chi connectivity index (χ4n) is 1.22. The van der Waals surface area contributed by atoms with Crippen LogP contribution in [-0.2, 0) is 4.79 Å². The topological polar surface area (TPSA) is 133 Å². The zero-order valence-corrected chi connectivity index (χ0v) is 8.94. The summed E-state index contributed by atoms with van der Waals surface area (Å²) in [5.41, 5.74) is 15.9. The van der Waals surface area contributed by atoms with Crippen LogP contribution in [0.25, 0.3) is 0 Å². The third kappa shape index (κ3) is 4.45. The normalized spacial score (nSPS) is 10.0. The Morgan fingerprint density at radius 1 is 1.31 bits per heavy atom. The van der Waals surface area contributed by atoms with Gasteiger partial charge in [-0.1, -0.05) is 0 Å². The van der Waals surface area contributed by atoms with Crippen LogP contribution in [0, 0.1) is 0 Å². The number of amides is 1. The molecule has 0 atom stereocenters. The number of nitrogens with two attached hydrogens (primary N) is 3. The van der Waals surface area contributed by atoms with Crippen molar-refractivity contribution < 1.29 is 4.79 Å². The largest absolute Gasteiger partial charge is 0.383 e. The molecule has 0 fully saturated rings. The van der Waals surface area contributed by atoms with E-state index in [1.807, 2.05) is 0 Å². The standard InChI is InChI=1S/C9H16N6O/c10-6-5-8(15-9(12)14-6)13-4-2-1-3-7(11)16/h5H,1-4H2,(H2,11,16)(H5,10,12,13,14,15). The molecule has 0 spiro atoms. The number of carbonyl (C=O) groups excluding carboxylic acids is 1. The first-order valence-electron chi connectivity index (χ1n) is 5.00. The highest BCUT2D eigenvalue weighted by Crippen LogP contribution is 2.09. The number of unbranched alkanes of at least 4 members (excludes halogenated alkanes) is 1. The van der Waals surface area contributed by atoms with Crippen molar-refractivity contribution in [2.75, 3.05) is 23.3 Å². The van der Waals surface area contributed by atoms with E-state index in [9.17, 15) is 4.79 Å². The highest BCUT2D eigenvalue weighted by atomic mass is 16.1. The molecule has 7 nitrogen and oxygen atoms in total. The predicted molar refractivity (Wildman–Crippen MR) is 62.4 cm³/mol. The molecule has 0 saturated carbocycles. The van der Waals surface area contributed by atoms with Gasteiger partial charge in [-0.15, -0.1) is 0 Å². The number of primary amides is 1. The molecule has 0 saturated heterocycles. The summed E-state index contributed by atoms with van der Waals surface area (Å²) in [5, 5.41) is 3.04. The summed E-state index contributed by atoms with van der Waals surface area (Å²) in [7, 11) is 0. The first kappa shape index (κ1) is 12.0. The predicted octanol–water partition coefficient (Wildman–Crippen LogP) is -0.292. The van der Waals surface area contributed by atoms with Gasteiger partial charge in [0.2, 0.25) is 11.9 Å². The molecule has 1 rings (SSSR count). The molecular formula is C9H16N6O. The molecule has 0 aliphatic heterocycles. The Balaban J connectivity index is 2.29. The van der Waals surface area contributed by atoms with E-state index in [2.05, 4.69) is 15.3 Å². The highest BCUT2D eigenvalue weighted by molar-refractivity contribution is 5.73. The third-order valence-electron chi connectivity index (χ3n) is 1.92. The smallest absolute Gasteiger partial charge is 0.223 e. The number of nitrogens with one attached hydrogen (secondary N) is 1. The van der Waals surface area contributed by atoms with Gasteiger partial charge in [-0.25, -0.2) is 0 Å². The molecule has 0 bridgehead atoms. The van der Waals surface area contributed by atoms with E-state index in [1.54, 1.807) is 6.07 Å². The summed E-state index contributed by atoms with van der Waals surface area (Å²) in [6, 6.07) is 1.60. The number of anilines is 3. The first-order valence-corrected chi connectivity index (χ1v) is 5.00. The van der Waals surface area contributed by atoms with Crippen molar-refractivity contribution in [3.8, 4) is 0 Å². The summed E-state index contributed by atoms with van der Waals surface area (Å²) < 4.78 is 0. The Morgan fingerprint density at radius 3 is 2.69 bits per heavy atom. The fourth-order valence-corrected chi connectivity index (χ4v) is 1.22. The van der Waals surface area contributed by atoms with Crippen LogP contribution in [0.3, 0.4) is 0 Å². The van der Waals surface area contributed by atoms with Crippen LogP contribution in [0.15, 0.2) is 6.07 Å². The maximum atomic E-state index is 10.5. The number of carbonyl (C=O) groups is 1. The van der Waals surface area contributed by atoms with Crippen LogP contribution < -0.4 is 22.5 Å². The second-order valence-electron chi connectivity index (χ2n) is 3.39. The quantitative estimate of drug-likeness (QED) is 0.490. The van der Waals surface area contributed by atoms with Crippen molar-refractivity contribution in [3.05, 3.63) is 6.07 Å². The van der Waals surface area contributed by atoms with Crippen molar-refractivity contribution in [2.24, 2.45) is 5.73 Å². The molecule has 0 aliphatic carbocycles. The first-order chi connectivity index (χ1) is 7.58. The zero-order chi connectivity index (χ0) is 12.0. The van der Waals surface area contributed by atoms with Crippen LogP contribution in [0.4, 0.5) is 17.6 Å². The van der Waals surface area contributed by atoms with Crippen LogP contribution in [-0.4, -0.2) is 22.4 Å². The zero-order valence-electron chi connectivity index (χ0n) is 8.94. The lowest BCUT2D eigenvalue weighted by Gasteiger charge is -2.05. The lowest BCUT2D eigenvalue weighted by atomic mass is 10.2. The lowest BCUT2D eigenvalue weighted by Crippen LogP contribution is -2.11. The summed E-state index contributed by atoms with van der Waals surface area (Å²) in [5.74, 6) is 0.770. The molecule has 16 heavy (non-hydrogen) atoms. The lowest BCUT2D eigenvalue weighted by molar-refractivity contribution is -0.118. The van der Waals surface area contributed by atoms with Crippen LogP contribution in [0.2, 0.25) is 0 Å². The number of hydrogen-bond donors (Lipinski definition) is 4. The summed E-state index contributed by atoms with van der Waals surface area (Å²) in [6.07, 6.45) is 1.97. The molecule has 88 valence electrons. The maximum Gasteiger partial charge on any atom is 0.223 e. The van der Waals surface area contributed by atoms with Gasteiger partial charge in [0.25, 0.3) is 0 Å². The highest BCUT2D eigenvalue weighted by Gasteiger charge is 1.99. The van der Waals surface area contributed by atoms with Crippen molar-refractivity contribution in [2.45, 2.75) is 19.3 Å². The van der Waals surface area contributed by atoms with Gasteiger partial charge in [0.1, 0.15) is 11.6 Å². The monoisotopic (exact) mass is 224 g/mol. The van der Waals surface area contributed by atoms with Crippen LogP contribution in [0.5, 0.6) is 0 Å². The molecule has 0 aliphatic rings. The van der Waals surface area contributed by atoms with E-state index >= 15 is 0 Å². The van der Waals surface area contributed by atoms with Gasteiger partial charge < -0.3 is 22.5 Å². The van der Waals surface area contributed by atoms with E-state index in [-0.39, 0.29) is 11.9 Å². The Bertz CT molecular complexity index is 347. The second-order valence-corrected chi connectivity index (χ2v) is 3.39. The van der Waals surface area contributed by atoms with E-state index in [0.717, 1.165) is 12.8 Å². The molecule has 1 aromatic rings. The Morgan fingerprint density at radius 2 is 2.06 bits per heavy atom. The minimum Gasteiger partial charge on any atom is -0.383 e.